The predicted molar refractivity (Wildman–Crippen MR) is 75.8 cm³/mol. The maximum absolute atomic E-state index is 9.24. The number of fused-ring (bicyclic) bond motifs is 1. The number of phenols is 1. The van der Waals surface area contributed by atoms with E-state index >= 15 is 0 Å². The van der Waals surface area contributed by atoms with Crippen LogP contribution in [0.3, 0.4) is 0 Å². The molecule has 6 nitrogen and oxygen atoms in total. The number of hydrogen-bond donors (Lipinski definition) is 2. The van der Waals surface area contributed by atoms with Crippen LogP contribution in [0.25, 0.3) is 5.78 Å². The highest BCUT2D eigenvalue weighted by molar-refractivity contribution is 5.44. The van der Waals surface area contributed by atoms with E-state index in [4.69, 9.17) is 0 Å². The van der Waals surface area contributed by atoms with Crippen LogP contribution in [-0.2, 0) is 6.42 Å². The van der Waals surface area contributed by atoms with Gasteiger partial charge in [-0.15, -0.1) is 0 Å². The molecule has 6 heteroatoms. The van der Waals surface area contributed by atoms with Gasteiger partial charge >= 0.3 is 0 Å². The third kappa shape index (κ3) is 2.54. The van der Waals surface area contributed by atoms with Crippen molar-refractivity contribution in [3.8, 4) is 5.75 Å². The molecule has 0 atom stereocenters. The zero-order valence-corrected chi connectivity index (χ0v) is 11.1. The summed E-state index contributed by atoms with van der Waals surface area (Å²) in [5.74, 6) is 1.76. The molecule has 2 heterocycles. The molecule has 0 aliphatic rings. The van der Waals surface area contributed by atoms with E-state index < -0.39 is 0 Å². The first-order chi connectivity index (χ1) is 9.72. The fraction of sp³-hybridized carbons (Fsp3) is 0.214. The van der Waals surface area contributed by atoms with Gasteiger partial charge in [0.2, 0.25) is 0 Å². The number of aryl methyl sites for hydroxylation is 1. The molecule has 3 rings (SSSR count). The van der Waals surface area contributed by atoms with Gasteiger partial charge in [0.1, 0.15) is 17.9 Å². The molecule has 0 amide bonds. The predicted octanol–water partition coefficient (Wildman–Crippen LogP) is 1.79. The van der Waals surface area contributed by atoms with Crippen LogP contribution in [0.4, 0.5) is 5.82 Å². The van der Waals surface area contributed by atoms with Gasteiger partial charge in [-0.05, 0) is 31.0 Å². The van der Waals surface area contributed by atoms with Crippen molar-refractivity contribution >= 4 is 11.6 Å². The van der Waals surface area contributed by atoms with E-state index in [1.54, 1.807) is 16.6 Å². The lowest BCUT2D eigenvalue weighted by atomic mass is 10.1. The van der Waals surface area contributed by atoms with Crippen LogP contribution in [-0.4, -0.2) is 31.2 Å². The number of aromatic nitrogens is 4. The van der Waals surface area contributed by atoms with E-state index in [2.05, 4.69) is 20.4 Å². The molecule has 0 saturated carbocycles. The maximum atomic E-state index is 9.24. The second-order valence-electron chi connectivity index (χ2n) is 4.60. The normalized spacial score (nSPS) is 10.8. The molecule has 2 aromatic heterocycles. The summed E-state index contributed by atoms with van der Waals surface area (Å²) in [6, 6.07) is 9.17. The number of nitrogens with zero attached hydrogens (tertiary/aromatic N) is 4. The Morgan fingerprint density at radius 2 is 2.05 bits per heavy atom. The molecule has 0 bridgehead atoms. The molecule has 0 aliphatic carbocycles. The van der Waals surface area contributed by atoms with Crippen molar-refractivity contribution in [1.82, 2.24) is 19.6 Å². The Kier molecular flexibility index (Phi) is 3.20. The molecule has 20 heavy (non-hydrogen) atoms. The molecule has 1 aromatic carbocycles. The lowest BCUT2D eigenvalue weighted by molar-refractivity contribution is 0.475. The Morgan fingerprint density at radius 1 is 1.25 bits per heavy atom. The topological polar surface area (TPSA) is 75.3 Å². The molecule has 0 spiro atoms. The van der Waals surface area contributed by atoms with Crippen LogP contribution < -0.4 is 5.32 Å². The number of nitrogens with one attached hydrogen (secondary N) is 1. The molecule has 102 valence electrons. The highest BCUT2D eigenvalue weighted by Crippen LogP contribution is 2.12. The minimum absolute atomic E-state index is 0.288. The first kappa shape index (κ1) is 12.4. The minimum atomic E-state index is 0.288. The Labute approximate surface area is 116 Å². The van der Waals surface area contributed by atoms with Gasteiger partial charge in [-0.1, -0.05) is 12.1 Å². The highest BCUT2D eigenvalue weighted by Gasteiger charge is 2.04. The van der Waals surface area contributed by atoms with Gasteiger partial charge in [-0.3, -0.25) is 0 Å². The van der Waals surface area contributed by atoms with Crippen molar-refractivity contribution in [2.45, 2.75) is 13.3 Å². The summed E-state index contributed by atoms with van der Waals surface area (Å²) in [6.45, 7) is 2.70. The summed E-state index contributed by atoms with van der Waals surface area (Å²) in [5.41, 5.74) is 2.06. The van der Waals surface area contributed by atoms with Crippen molar-refractivity contribution in [1.29, 1.82) is 0 Å². The summed E-state index contributed by atoms with van der Waals surface area (Å²) in [7, 11) is 0. The molecular weight excluding hydrogens is 254 g/mol. The maximum Gasteiger partial charge on any atom is 0.254 e. The van der Waals surface area contributed by atoms with Crippen molar-refractivity contribution in [3.05, 3.63) is 47.9 Å². The number of benzene rings is 1. The van der Waals surface area contributed by atoms with Crippen LogP contribution in [0.5, 0.6) is 5.75 Å². The van der Waals surface area contributed by atoms with Crippen molar-refractivity contribution in [2.75, 3.05) is 11.9 Å². The number of aromatic hydroxyl groups is 1. The molecule has 0 aliphatic heterocycles. The van der Waals surface area contributed by atoms with Gasteiger partial charge in [0.15, 0.2) is 0 Å². The van der Waals surface area contributed by atoms with Crippen LogP contribution in [0.15, 0.2) is 36.7 Å². The van der Waals surface area contributed by atoms with Gasteiger partial charge in [0, 0.05) is 18.3 Å². The largest absolute Gasteiger partial charge is 0.508 e. The zero-order valence-electron chi connectivity index (χ0n) is 11.1. The van der Waals surface area contributed by atoms with Gasteiger partial charge in [0.25, 0.3) is 5.78 Å². The fourth-order valence-electron chi connectivity index (χ4n) is 2.05. The van der Waals surface area contributed by atoms with Gasteiger partial charge < -0.3 is 10.4 Å². The van der Waals surface area contributed by atoms with Gasteiger partial charge in [0.05, 0.1) is 0 Å². The second kappa shape index (κ2) is 5.16. The lowest BCUT2D eigenvalue weighted by Crippen LogP contribution is -2.10. The summed E-state index contributed by atoms with van der Waals surface area (Å²) in [5, 5.41) is 16.7. The summed E-state index contributed by atoms with van der Waals surface area (Å²) < 4.78 is 1.68. The third-order valence-electron chi connectivity index (χ3n) is 3.04. The van der Waals surface area contributed by atoms with E-state index in [0.717, 1.165) is 30.0 Å². The zero-order chi connectivity index (χ0) is 13.9. The first-order valence-corrected chi connectivity index (χ1v) is 6.41. The van der Waals surface area contributed by atoms with Crippen molar-refractivity contribution in [3.63, 3.8) is 0 Å². The third-order valence-corrected chi connectivity index (χ3v) is 3.04. The smallest absolute Gasteiger partial charge is 0.254 e. The number of rotatable bonds is 4. The fourth-order valence-corrected chi connectivity index (χ4v) is 2.05. The molecule has 0 unspecified atom stereocenters. The van der Waals surface area contributed by atoms with Crippen LogP contribution in [0.1, 0.15) is 11.3 Å². The number of phenolic OH excluding ortho intramolecular Hbond substituents is 1. The van der Waals surface area contributed by atoms with Crippen molar-refractivity contribution < 1.29 is 5.11 Å². The molecule has 3 aromatic rings. The van der Waals surface area contributed by atoms with E-state index in [0.29, 0.717) is 5.78 Å². The SMILES string of the molecule is Cc1cc(NCCc2ccc(O)cc2)n2ncnc2n1. The summed E-state index contributed by atoms with van der Waals surface area (Å²) in [6.07, 6.45) is 2.35. The van der Waals surface area contributed by atoms with Gasteiger partial charge in [-0.25, -0.2) is 4.98 Å². The monoisotopic (exact) mass is 269 g/mol. The highest BCUT2D eigenvalue weighted by atomic mass is 16.3. The van der Waals surface area contributed by atoms with Crippen LogP contribution in [0.2, 0.25) is 0 Å². The number of anilines is 1. The Hall–Kier alpha value is -2.63. The van der Waals surface area contributed by atoms with Crippen LogP contribution >= 0.6 is 0 Å². The van der Waals surface area contributed by atoms with E-state index in [-0.39, 0.29) is 5.75 Å². The average molecular weight is 269 g/mol. The molecule has 0 radical (unpaired) electrons. The van der Waals surface area contributed by atoms with Crippen molar-refractivity contribution in [2.24, 2.45) is 0 Å². The summed E-state index contributed by atoms with van der Waals surface area (Å²) in [4.78, 5) is 8.38. The quantitative estimate of drug-likeness (QED) is 0.755. The van der Waals surface area contributed by atoms with Gasteiger partial charge in [-0.2, -0.15) is 14.6 Å². The Balaban J connectivity index is 1.70. The second-order valence-corrected chi connectivity index (χ2v) is 4.60. The summed E-state index contributed by atoms with van der Waals surface area (Å²) >= 11 is 0. The molecule has 0 saturated heterocycles. The lowest BCUT2D eigenvalue weighted by Gasteiger charge is -2.08. The van der Waals surface area contributed by atoms with E-state index in [1.807, 2.05) is 25.1 Å². The molecule has 2 N–H and O–H groups in total. The molecule has 0 fully saturated rings. The Bertz CT molecular complexity index is 720. The number of hydrogen-bond acceptors (Lipinski definition) is 5. The standard InChI is InChI=1S/C14H15N5O/c1-10-8-13(19-14(18-10)16-9-17-19)15-7-6-11-2-4-12(20)5-3-11/h2-5,8-9,15,20H,6-7H2,1H3. The average Bonchev–Trinajstić information content (AvgIpc) is 2.89. The van der Waals surface area contributed by atoms with E-state index in [1.165, 1.54) is 6.33 Å². The Morgan fingerprint density at radius 3 is 2.85 bits per heavy atom. The van der Waals surface area contributed by atoms with Crippen LogP contribution in [0, 0.1) is 6.92 Å². The first-order valence-electron chi connectivity index (χ1n) is 6.41. The van der Waals surface area contributed by atoms with E-state index in [9.17, 15) is 5.11 Å². The molecular formula is C14H15N5O. The minimum Gasteiger partial charge on any atom is -0.508 e.